The van der Waals surface area contributed by atoms with Crippen LogP contribution in [0.4, 0.5) is 0 Å². The Morgan fingerprint density at radius 1 is 1.57 bits per heavy atom. The summed E-state index contributed by atoms with van der Waals surface area (Å²) in [6.07, 6.45) is 1.48. The highest BCUT2D eigenvalue weighted by Crippen LogP contribution is 2.21. The maximum atomic E-state index is 10.8. The fraction of sp³-hybridized carbons (Fsp3) is 0.600. The molecular formula is C10H15NO3. The third kappa shape index (κ3) is 1.95. The third-order valence-corrected chi connectivity index (χ3v) is 2.28. The molecule has 1 heterocycles. The number of carboxylic acids is 1. The van der Waals surface area contributed by atoms with Crippen LogP contribution in [-0.4, -0.2) is 16.1 Å². The molecule has 0 amide bonds. The number of oxazole rings is 1. The number of hydrogen-bond donors (Lipinski definition) is 1. The molecule has 0 radical (unpaired) electrons. The molecule has 0 spiro atoms. The second-order valence-electron chi connectivity index (χ2n) is 3.30. The summed E-state index contributed by atoms with van der Waals surface area (Å²) in [6, 6.07) is 0. The third-order valence-electron chi connectivity index (χ3n) is 2.28. The summed E-state index contributed by atoms with van der Waals surface area (Å²) in [5.41, 5.74) is 0.535. The number of carboxylic acid groups (broad SMARTS) is 1. The van der Waals surface area contributed by atoms with Crippen molar-refractivity contribution in [1.82, 2.24) is 4.98 Å². The maximum absolute atomic E-state index is 10.8. The van der Waals surface area contributed by atoms with Gasteiger partial charge in [-0.2, -0.15) is 0 Å². The van der Waals surface area contributed by atoms with Gasteiger partial charge in [-0.25, -0.2) is 9.78 Å². The van der Waals surface area contributed by atoms with Gasteiger partial charge in [0, 0.05) is 5.92 Å². The first kappa shape index (κ1) is 10.8. The summed E-state index contributed by atoms with van der Waals surface area (Å²) in [7, 11) is 0. The Balaban J connectivity index is 3.06. The maximum Gasteiger partial charge on any atom is 0.373 e. The van der Waals surface area contributed by atoms with Crippen LogP contribution in [-0.2, 0) is 6.42 Å². The largest absolute Gasteiger partial charge is 0.475 e. The van der Waals surface area contributed by atoms with Crippen molar-refractivity contribution in [3.8, 4) is 0 Å². The van der Waals surface area contributed by atoms with E-state index in [1.165, 1.54) is 0 Å². The lowest BCUT2D eigenvalue weighted by Gasteiger charge is -2.00. The lowest BCUT2D eigenvalue weighted by atomic mass is 10.1. The highest BCUT2D eigenvalue weighted by atomic mass is 16.4. The summed E-state index contributed by atoms with van der Waals surface area (Å²) >= 11 is 0. The number of hydrogen-bond acceptors (Lipinski definition) is 3. The molecule has 0 fully saturated rings. The molecular weight excluding hydrogens is 182 g/mol. The first-order chi connectivity index (χ1) is 6.60. The molecule has 0 saturated heterocycles. The molecule has 0 aromatic carbocycles. The number of rotatable bonds is 4. The number of aryl methyl sites for hydroxylation is 1. The van der Waals surface area contributed by atoms with Gasteiger partial charge in [-0.05, 0) is 12.8 Å². The van der Waals surface area contributed by atoms with Gasteiger partial charge in [0.15, 0.2) is 5.89 Å². The van der Waals surface area contributed by atoms with E-state index in [1.54, 1.807) is 0 Å². The zero-order valence-corrected chi connectivity index (χ0v) is 8.70. The molecule has 0 saturated carbocycles. The predicted molar refractivity (Wildman–Crippen MR) is 51.5 cm³/mol. The van der Waals surface area contributed by atoms with Crippen LogP contribution in [0.2, 0.25) is 0 Å². The van der Waals surface area contributed by atoms with Crippen LogP contribution in [0.3, 0.4) is 0 Å². The fourth-order valence-electron chi connectivity index (χ4n) is 1.16. The topological polar surface area (TPSA) is 63.3 Å². The minimum Gasteiger partial charge on any atom is -0.475 e. The summed E-state index contributed by atoms with van der Waals surface area (Å²) in [5, 5.41) is 8.83. The van der Waals surface area contributed by atoms with E-state index in [2.05, 4.69) is 4.98 Å². The van der Waals surface area contributed by atoms with Gasteiger partial charge in [0.1, 0.15) is 0 Å². The fourth-order valence-corrected chi connectivity index (χ4v) is 1.16. The Bertz CT molecular complexity index is 330. The summed E-state index contributed by atoms with van der Waals surface area (Å²) < 4.78 is 5.21. The second kappa shape index (κ2) is 4.26. The van der Waals surface area contributed by atoms with Crippen LogP contribution in [0.15, 0.2) is 4.42 Å². The van der Waals surface area contributed by atoms with E-state index in [0.29, 0.717) is 18.0 Å². The van der Waals surface area contributed by atoms with Gasteiger partial charge in [0.05, 0.1) is 5.69 Å². The van der Waals surface area contributed by atoms with Crippen LogP contribution in [0.1, 0.15) is 55.2 Å². The minimum absolute atomic E-state index is 0.0113. The molecule has 1 atom stereocenters. The Morgan fingerprint density at radius 3 is 2.57 bits per heavy atom. The molecule has 0 aliphatic heterocycles. The van der Waals surface area contributed by atoms with Gasteiger partial charge in [0.2, 0.25) is 5.76 Å². The standard InChI is InChI=1S/C10H15NO3/c1-4-6(3)9-11-7(5-2)8(14-9)10(12)13/h6H,4-5H2,1-3H3,(H,12,13). The Labute approximate surface area is 83.0 Å². The first-order valence-electron chi connectivity index (χ1n) is 4.83. The zero-order chi connectivity index (χ0) is 10.7. The van der Waals surface area contributed by atoms with Gasteiger partial charge >= 0.3 is 5.97 Å². The van der Waals surface area contributed by atoms with Crippen molar-refractivity contribution < 1.29 is 14.3 Å². The van der Waals surface area contributed by atoms with Crippen molar-refractivity contribution in [2.75, 3.05) is 0 Å². The van der Waals surface area contributed by atoms with Gasteiger partial charge in [0.25, 0.3) is 0 Å². The van der Waals surface area contributed by atoms with Crippen molar-refractivity contribution in [3.63, 3.8) is 0 Å². The number of nitrogens with zero attached hydrogens (tertiary/aromatic N) is 1. The Morgan fingerprint density at radius 2 is 2.21 bits per heavy atom. The van der Waals surface area contributed by atoms with Crippen molar-refractivity contribution in [2.24, 2.45) is 0 Å². The monoisotopic (exact) mass is 197 g/mol. The number of aromatic nitrogens is 1. The lowest BCUT2D eigenvalue weighted by molar-refractivity contribution is 0.0658. The van der Waals surface area contributed by atoms with Gasteiger partial charge < -0.3 is 9.52 Å². The van der Waals surface area contributed by atoms with Crippen LogP contribution in [0.25, 0.3) is 0 Å². The molecule has 0 aliphatic rings. The predicted octanol–water partition coefficient (Wildman–Crippen LogP) is 2.45. The summed E-state index contributed by atoms with van der Waals surface area (Å²) in [5.74, 6) is -0.346. The average Bonchev–Trinajstić information content (AvgIpc) is 2.60. The molecule has 14 heavy (non-hydrogen) atoms. The quantitative estimate of drug-likeness (QED) is 0.805. The lowest BCUT2D eigenvalue weighted by Crippen LogP contribution is -1.98. The molecule has 0 aliphatic carbocycles. The van der Waals surface area contributed by atoms with Crippen LogP contribution < -0.4 is 0 Å². The van der Waals surface area contributed by atoms with E-state index >= 15 is 0 Å². The average molecular weight is 197 g/mol. The molecule has 78 valence electrons. The SMILES string of the molecule is CCc1nc(C(C)CC)oc1C(=O)O. The number of aromatic carboxylic acids is 1. The van der Waals surface area contributed by atoms with E-state index < -0.39 is 5.97 Å². The van der Waals surface area contributed by atoms with E-state index in [-0.39, 0.29) is 11.7 Å². The molecule has 1 N–H and O–H groups in total. The molecule has 4 nitrogen and oxygen atoms in total. The molecule has 0 bridgehead atoms. The molecule has 1 aromatic rings. The summed E-state index contributed by atoms with van der Waals surface area (Å²) in [6.45, 7) is 5.85. The normalized spacial score (nSPS) is 12.8. The Kier molecular flexibility index (Phi) is 3.28. The van der Waals surface area contributed by atoms with Gasteiger partial charge in [-0.15, -0.1) is 0 Å². The van der Waals surface area contributed by atoms with E-state index in [1.807, 2.05) is 20.8 Å². The highest BCUT2D eigenvalue weighted by Gasteiger charge is 2.20. The van der Waals surface area contributed by atoms with Crippen LogP contribution in [0, 0.1) is 0 Å². The number of carbonyl (C=O) groups is 1. The molecule has 1 unspecified atom stereocenters. The molecule has 1 rings (SSSR count). The second-order valence-corrected chi connectivity index (χ2v) is 3.30. The highest BCUT2D eigenvalue weighted by molar-refractivity contribution is 5.85. The first-order valence-corrected chi connectivity index (χ1v) is 4.83. The van der Waals surface area contributed by atoms with Crippen LogP contribution in [0.5, 0.6) is 0 Å². The minimum atomic E-state index is -1.04. The van der Waals surface area contributed by atoms with Crippen molar-refractivity contribution in [1.29, 1.82) is 0 Å². The van der Waals surface area contributed by atoms with Crippen molar-refractivity contribution in [3.05, 3.63) is 17.3 Å². The van der Waals surface area contributed by atoms with Gasteiger partial charge in [-0.1, -0.05) is 20.8 Å². The van der Waals surface area contributed by atoms with Crippen molar-refractivity contribution in [2.45, 2.75) is 39.5 Å². The van der Waals surface area contributed by atoms with E-state index in [4.69, 9.17) is 9.52 Å². The van der Waals surface area contributed by atoms with E-state index in [0.717, 1.165) is 6.42 Å². The smallest absolute Gasteiger partial charge is 0.373 e. The van der Waals surface area contributed by atoms with Gasteiger partial charge in [-0.3, -0.25) is 0 Å². The molecule has 1 aromatic heterocycles. The van der Waals surface area contributed by atoms with Crippen molar-refractivity contribution >= 4 is 5.97 Å². The summed E-state index contributed by atoms with van der Waals surface area (Å²) in [4.78, 5) is 14.9. The molecule has 4 heteroatoms. The van der Waals surface area contributed by atoms with Crippen LogP contribution >= 0.6 is 0 Å². The Hall–Kier alpha value is -1.32. The zero-order valence-electron chi connectivity index (χ0n) is 8.70. The van der Waals surface area contributed by atoms with E-state index in [9.17, 15) is 4.79 Å².